The Kier molecular flexibility index (Phi) is 1.58. The molecule has 3 atom stereocenters. The number of carboxylic acid groups (broad SMARTS) is 1. The number of hydrogen-bond acceptors (Lipinski definition) is 3. The summed E-state index contributed by atoms with van der Waals surface area (Å²) in [4.78, 5) is 10.5. The number of fused-ring (bicyclic) bond motifs is 1. The van der Waals surface area contributed by atoms with E-state index in [1.165, 1.54) is 0 Å². The summed E-state index contributed by atoms with van der Waals surface area (Å²) in [6.45, 7) is 0.772. The van der Waals surface area contributed by atoms with Crippen molar-refractivity contribution < 1.29 is 14.6 Å². The van der Waals surface area contributed by atoms with Crippen molar-refractivity contribution in [2.45, 2.75) is 31.0 Å². The fourth-order valence-electron chi connectivity index (χ4n) is 1.80. The first-order chi connectivity index (χ1) is 5.27. The second-order valence-electron chi connectivity index (χ2n) is 3.10. The maximum Gasteiger partial charge on any atom is 0.320 e. The van der Waals surface area contributed by atoms with E-state index in [1.54, 1.807) is 0 Å². The third-order valence-corrected chi connectivity index (χ3v) is 2.39. The summed E-state index contributed by atoms with van der Waals surface area (Å²) in [5.74, 6) is -0.761. The lowest BCUT2D eigenvalue weighted by molar-refractivity contribution is -0.139. The molecule has 0 saturated carbocycles. The van der Waals surface area contributed by atoms with Crippen molar-refractivity contribution in [1.29, 1.82) is 0 Å². The molecule has 2 N–H and O–H groups in total. The van der Waals surface area contributed by atoms with Gasteiger partial charge in [-0.3, -0.25) is 10.1 Å². The van der Waals surface area contributed by atoms with Gasteiger partial charge < -0.3 is 9.84 Å². The Labute approximate surface area is 64.5 Å². The summed E-state index contributed by atoms with van der Waals surface area (Å²) in [7, 11) is 0. The van der Waals surface area contributed by atoms with Crippen molar-refractivity contribution in [3.8, 4) is 0 Å². The lowest BCUT2D eigenvalue weighted by Crippen LogP contribution is -2.35. The van der Waals surface area contributed by atoms with Crippen LogP contribution in [0.5, 0.6) is 0 Å². The molecule has 2 fully saturated rings. The number of rotatable bonds is 1. The lowest BCUT2D eigenvalue weighted by Gasteiger charge is -2.05. The Hall–Kier alpha value is -0.610. The lowest BCUT2D eigenvalue weighted by atomic mass is 10.1. The van der Waals surface area contributed by atoms with E-state index in [1.807, 2.05) is 0 Å². The first-order valence-electron chi connectivity index (χ1n) is 3.88. The Morgan fingerprint density at radius 2 is 2.45 bits per heavy atom. The maximum absolute atomic E-state index is 10.5. The predicted molar refractivity (Wildman–Crippen MR) is 37.3 cm³/mol. The van der Waals surface area contributed by atoms with Crippen molar-refractivity contribution in [3.63, 3.8) is 0 Å². The van der Waals surface area contributed by atoms with Crippen LogP contribution >= 0.6 is 0 Å². The minimum atomic E-state index is -0.761. The van der Waals surface area contributed by atoms with E-state index in [9.17, 15) is 4.79 Å². The Balaban J connectivity index is 1.99. The standard InChI is InChI=1S/C7H11NO3/c9-7(10)5-3-6-4(8-5)1-2-11-6/h4-6,8H,1-3H2,(H,9,10). The van der Waals surface area contributed by atoms with Gasteiger partial charge in [-0.25, -0.2) is 0 Å². The summed E-state index contributed by atoms with van der Waals surface area (Å²) in [5, 5.41) is 11.7. The largest absolute Gasteiger partial charge is 0.480 e. The molecule has 2 rings (SSSR count). The molecular formula is C7H11NO3. The van der Waals surface area contributed by atoms with Gasteiger partial charge in [-0.2, -0.15) is 0 Å². The van der Waals surface area contributed by atoms with Crippen LogP contribution < -0.4 is 5.32 Å². The normalized spacial score (nSPS) is 42.4. The Morgan fingerprint density at radius 3 is 3.09 bits per heavy atom. The van der Waals surface area contributed by atoms with Crippen LogP contribution in [-0.2, 0) is 9.53 Å². The SMILES string of the molecule is O=C(O)C1CC2OCCC2N1. The van der Waals surface area contributed by atoms with E-state index in [2.05, 4.69) is 5.32 Å². The maximum atomic E-state index is 10.5. The summed E-state index contributed by atoms with van der Waals surface area (Å²) in [6, 6.07) is -0.0959. The van der Waals surface area contributed by atoms with Crippen LogP contribution in [0.1, 0.15) is 12.8 Å². The molecule has 11 heavy (non-hydrogen) atoms. The molecule has 0 aliphatic carbocycles. The molecule has 2 saturated heterocycles. The average molecular weight is 157 g/mol. The van der Waals surface area contributed by atoms with Crippen molar-refractivity contribution in [2.24, 2.45) is 0 Å². The van der Waals surface area contributed by atoms with Gasteiger partial charge in [-0.05, 0) is 6.42 Å². The summed E-state index contributed by atoms with van der Waals surface area (Å²) >= 11 is 0. The molecule has 0 spiro atoms. The molecule has 2 heterocycles. The summed E-state index contributed by atoms with van der Waals surface area (Å²) in [5.41, 5.74) is 0. The Bertz CT molecular complexity index is 171. The van der Waals surface area contributed by atoms with E-state index >= 15 is 0 Å². The second-order valence-corrected chi connectivity index (χ2v) is 3.10. The molecule has 0 aromatic heterocycles. The van der Waals surface area contributed by atoms with Crippen molar-refractivity contribution >= 4 is 5.97 Å². The van der Waals surface area contributed by atoms with Crippen molar-refractivity contribution in [1.82, 2.24) is 5.32 Å². The zero-order valence-corrected chi connectivity index (χ0v) is 6.12. The quantitative estimate of drug-likeness (QED) is 0.543. The fourth-order valence-corrected chi connectivity index (χ4v) is 1.80. The van der Waals surface area contributed by atoms with Crippen LogP contribution in [0.3, 0.4) is 0 Å². The van der Waals surface area contributed by atoms with Crippen LogP contribution in [0.2, 0.25) is 0 Å². The fraction of sp³-hybridized carbons (Fsp3) is 0.857. The molecule has 0 bridgehead atoms. The molecule has 2 aliphatic rings. The minimum Gasteiger partial charge on any atom is -0.480 e. The van der Waals surface area contributed by atoms with Gasteiger partial charge in [0.25, 0.3) is 0 Å². The molecule has 62 valence electrons. The van der Waals surface area contributed by atoms with Crippen LogP contribution in [-0.4, -0.2) is 35.9 Å². The highest BCUT2D eigenvalue weighted by Crippen LogP contribution is 2.24. The monoisotopic (exact) mass is 157 g/mol. The zero-order valence-electron chi connectivity index (χ0n) is 6.12. The molecule has 2 aliphatic heterocycles. The number of nitrogens with one attached hydrogen (secondary N) is 1. The topological polar surface area (TPSA) is 58.6 Å². The minimum absolute atomic E-state index is 0.149. The van der Waals surface area contributed by atoms with Gasteiger partial charge in [-0.1, -0.05) is 0 Å². The van der Waals surface area contributed by atoms with E-state index in [0.717, 1.165) is 13.0 Å². The number of aliphatic carboxylic acids is 1. The number of carboxylic acids is 1. The number of ether oxygens (including phenoxy) is 1. The molecule has 4 heteroatoms. The van der Waals surface area contributed by atoms with Crippen molar-refractivity contribution in [2.75, 3.05) is 6.61 Å². The molecular weight excluding hydrogens is 146 g/mol. The number of hydrogen-bond donors (Lipinski definition) is 2. The molecule has 0 radical (unpaired) electrons. The number of carbonyl (C=O) groups is 1. The van der Waals surface area contributed by atoms with Gasteiger partial charge in [0.2, 0.25) is 0 Å². The van der Waals surface area contributed by atoms with Crippen molar-refractivity contribution in [3.05, 3.63) is 0 Å². The van der Waals surface area contributed by atoms with Gasteiger partial charge in [0.05, 0.1) is 6.10 Å². The van der Waals surface area contributed by atoms with E-state index in [0.29, 0.717) is 6.42 Å². The second kappa shape index (κ2) is 2.46. The van der Waals surface area contributed by atoms with Gasteiger partial charge in [-0.15, -0.1) is 0 Å². The molecule has 0 aromatic rings. The van der Waals surface area contributed by atoms with Gasteiger partial charge >= 0.3 is 5.97 Å². The molecule has 0 amide bonds. The third kappa shape index (κ3) is 1.12. The van der Waals surface area contributed by atoms with E-state index in [-0.39, 0.29) is 18.2 Å². The van der Waals surface area contributed by atoms with Crippen LogP contribution in [0, 0.1) is 0 Å². The first-order valence-corrected chi connectivity index (χ1v) is 3.88. The van der Waals surface area contributed by atoms with E-state index < -0.39 is 5.97 Å². The highest BCUT2D eigenvalue weighted by Gasteiger charge is 2.40. The molecule has 4 nitrogen and oxygen atoms in total. The highest BCUT2D eigenvalue weighted by molar-refractivity contribution is 5.74. The van der Waals surface area contributed by atoms with Crippen LogP contribution in [0.25, 0.3) is 0 Å². The summed E-state index contributed by atoms with van der Waals surface area (Å²) in [6.07, 6.45) is 1.73. The average Bonchev–Trinajstić information content (AvgIpc) is 2.40. The smallest absolute Gasteiger partial charge is 0.320 e. The first kappa shape index (κ1) is 7.06. The Morgan fingerprint density at radius 1 is 1.64 bits per heavy atom. The van der Waals surface area contributed by atoms with E-state index in [4.69, 9.17) is 9.84 Å². The summed E-state index contributed by atoms with van der Waals surface area (Å²) < 4.78 is 5.33. The zero-order chi connectivity index (χ0) is 7.84. The van der Waals surface area contributed by atoms with Gasteiger partial charge in [0, 0.05) is 19.1 Å². The highest BCUT2D eigenvalue weighted by atomic mass is 16.5. The van der Waals surface area contributed by atoms with Crippen LogP contribution in [0.15, 0.2) is 0 Å². The van der Waals surface area contributed by atoms with Crippen LogP contribution in [0.4, 0.5) is 0 Å². The molecule has 0 aromatic carbocycles. The third-order valence-electron chi connectivity index (χ3n) is 2.39. The predicted octanol–water partition coefficient (Wildman–Crippen LogP) is -0.410. The molecule has 3 unspecified atom stereocenters. The van der Waals surface area contributed by atoms with Gasteiger partial charge in [0.15, 0.2) is 0 Å². The van der Waals surface area contributed by atoms with Gasteiger partial charge in [0.1, 0.15) is 6.04 Å².